The van der Waals surface area contributed by atoms with Gasteiger partial charge in [0.05, 0.1) is 12.6 Å². The van der Waals surface area contributed by atoms with Gasteiger partial charge in [-0.1, -0.05) is 30.3 Å². The van der Waals surface area contributed by atoms with E-state index < -0.39 is 12.1 Å². The summed E-state index contributed by atoms with van der Waals surface area (Å²) in [7, 11) is 0. The molecule has 0 saturated carbocycles. The van der Waals surface area contributed by atoms with Gasteiger partial charge in [-0.05, 0) is 29.8 Å². The molecule has 3 nitrogen and oxygen atoms in total. The van der Waals surface area contributed by atoms with Gasteiger partial charge in [0, 0.05) is 5.69 Å². The summed E-state index contributed by atoms with van der Waals surface area (Å²) in [5, 5.41) is 22.1. The molecule has 0 fully saturated rings. The zero-order valence-corrected chi connectivity index (χ0v) is 10.3. The monoisotopic (exact) mass is 261 g/mol. The number of benzene rings is 2. The number of halogens is 1. The normalized spacial score (nSPS) is 13.8. The van der Waals surface area contributed by atoms with Crippen LogP contribution in [0.1, 0.15) is 11.6 Å². The van der Waals surface area contributed by atoms with E-state index in [0.717, 1.165) is 5.56 Å². The Labute approximate surface area is 111 Å². The van der Waals surface area contributed by atoms with Crippen molar-refractivity contribution in [2.75, 3.05) is 11.9 Å². The maximum atomic E-state index is 12.9. The first kappa shape index (κ1) is 13.5. The van der Waals surface area contributed by atoms with Gasteiger partial charge in [0.2, 0.25) is 0 Å². The molecule has 2 atom stereocenters. The predicted octanol–water partition coefficient (Wildman–Crippen LogP) is 2.33. The smallest absolute Gasteiger partial charge is 0.123 e. The molecular weight excluding hydrogens is 245 g/mol. The summed E-state index contributed by atoms with van der Waals surface area (Å²) in [6.07, 6.45) is -0.938. The summed E-state index contributed by atoms with van der Waals surface area (Å²) in [4.78, 5) is 0. The number of hydrogen-bond donors (Lipinski definition) is 3. The van der Waals surface area contributed by atoms with E-state index in [1.807, 2.05) is 30.3 Å². The molecule has 0 aliphatic carbocycles. The maximum absolute atomic E-state index is 12.9. The average Bonchev–Trinajstić information content (AvgIpc) is 2.47. The fraction of sp³-hybridized carbons (Fsp3) is 0.200. The van der Waals surface area contributed by atoms with Gasteiger partial charge in [0.25, 0.3) is 0 Å². The molecule has 0 saturated heterocycles. The molecule has 2 aromatic carbocycles. The van der Waals surface area contributed by atoms with Crippen molar-refractivity contribution in [3.05, 3.63) is 66.0 Å². The molecule has 0 aliphatic rings. The summed E-state index contributed by atoms with van der Waals surface area (Å²) >= 11 is 0. The van der Waals surface area contributed by atoms with E-state index in [4.69, 9.17) is 5.11 Å². The Balaban J connectivity index is 2.21. The van der Waals surface area contributed by atoms with E-state index in [0.29, 0.717) is 5.69 Å². The second-order valence-corrected chi connectivity index (χ2v) is 4.29. The van der Waals surface area contributed by atoms with Crippen molar-refractivity contribution in [1.29, 1.82) is 0 Å². The van der Waals surface area contributed by atoms with Gasteiger partial charge < -0.3 is 15.5 Å². The first-order valence-electron chi connectivity index (χ1n) is 6.06. The molecule has 2 rings (SSSR count). The van der Waals surface area contributed by atoms with Crippen LogP contribution in [-0.2, 0) is 0 Å². The molecule has 0 aliphatic heterocycles. The van der Waals surface area contributed by atoms with Crippen molar-refractivity contribution in [2.24, 2.45) is 0 Å². The fourth-order valence-electron chi connectivity index (χ4n) is 1.89. The lowest BCUT2D eigenvalue weighted by Crippen LogP contribution is -2.28. The van der Waals surface area contributed by atoms with E-state index >= 15 is 0 Å². The van der Waals surface area contributed by atoms with Crippen LogP contribution in [0.5, 0.6) is 0 Å². The van der Waals surface area contributed by atoms with Crippen LogP contribution in [0.2, 0.25) is 0 Å². The molecular formula is C15H16FNO2. The Hall–Kier alpha value is -1.91. The number of hydrogen-bond acceptors (Lipinski definition) is 3. The summed E-state index contributed by atoms with van der Waals surface area (Å²) < 4.78 is 12.9. The van der Waals surface area contributed by atoms with Gasteiger partial charge in [-0.25, -0.2) is 4.39 Å². The number of rotatable bonds is 5. The molecule has 2 aromatic rings. The van der Waals surface area contributed by atoms with E-state index in [1.54, 1.807) is 12.1 Å². The molecule has 3 N–H and O–H groups in total. The van der Waals surface area contributed by atoms with E-state index in [9.17, 15) is 9.50 Å². The Morgan fingerprint density at radius 1 is 1.00 bits per heavy atom. The summed E-state index contributed by atoms with van der Waals surface area (Å²) in [6.45, 7) is -0.353. The third-order valence-corrected chi connectivity index (χ3v) is 2.90. The second-order valence-electron chi connectivity index (χ2n) is 4.29. The van der Waals surface area contributed by atoms with Crippen molar-refractivity contribution in [1.82, 2.24) is 0 Å². The second kappa shape index (κ2) is 6.31. The molecule has 19 heavy (non-hydrogen) atoms. The van der Waals surface area contributed by atoms with Gasteiger partial charge in [-0.15, -0.1) is 0 Å². The maximum Gasteiger partial charge on any atom is 0.123 e. The van der Waals surface area contributed by atoms with Crippen molar-refractivity contribution in [2.45, 2.75) is 12.1 Å². The minimum atomic E-state index is -0.938. The highest BCUT2D eigenvalue weighted by Gasteiger charge is 2.20. The third kappa shape index (κ3) is 3.53. The third-order valence-electron chi connectivity index (χ3n) is 2.90. The van der Waals surface area contributed by atoms with Crippen molar-refractivity contribution >= 4 is 5.69 Å². The van der Waals surface area contributed by atoms with Gasteiger partial charge in [0.1, 0.15) is 11.9 Å². The van der Waals surface area contributed by atoms with Crippen LogP contribution < -0.4 is 5.32 Å². The topological polar surface area (TPSA) is 52.5 Å². The van der Waals surface area contributed by atoms with Crippen LogP contribution >= 0.6 is 0 Å². The lowest BCUT2D eigenvalue weighted by molar-refractivity contribution is 0.0795. The molecule has 0 unspecified atom stereocenters. The molecule has 0 heterocycles. The fourth-order valence-corrected chi connectivity index (χ4v) is 1.89. The lowest BCUT2D eigenvalue weighted by atomic mass is 10.0. The minimum Gasteiger partial charge on any atom is -0.394 e. The van der Waals surface area contributed by atoms with Gasteiger partial charge in [-0.2, -0.15) is 0 Å². The largest absolute Gasteiger partial charge is 0.394 e. The average molecular weight is 261 g/mol. The Bertz CT molecular complexity index is 501. The first-order chi connectivity index (χ1) is 9.20. The number of aliphatic hydroxyl groups excluding tert-OH is 2. The molecule has 0 radical (unpaired) electrons. The lowest BCUT2D eigenvalue weighted by Gasteiger charge is -2.24. The quantitative estimate of drug-likeness (QED) is 0.774. The van der Waals surface area contributed by atoms with Crippen LogP contribution in [0.3, 0.4) is 0 Å². The Morgan fingerprint density at radius 3 is 2.21 bits per heavy atom. The molecule has 100 valence electrons. The highest BCUT2D eigenvalue weighted by molar-refractivity contribution is 5.46. The SMILES string of the molecule is OC[C@H](O)[C@H](Nc1ccc(F)cc1)c1ccccc1. The highest BCUT2D eigenvalue weighted by atomic mass is 19.1. The van der Waals surface area contributed by atoms with Gasteiger partial charge >= 0.3 is 0 Å². The van der Waals surface area contributed by atoms with Crippen molar-refractivity contribution in [3.8, 4) is 0 Å². The predicted molar refractivity (Wildman–Crippen MR) is 72.3 cm³/mol. The van der Waals surface area contributed by atoms with Crippen LogP contribution in [0.25, 0.3) is 0 Å². The van der Waals surface area contributed by atoms with E-state index in [2.05, 4.69) is 5.32 Å². The first-order valence-corrected chi connectivity index (χ1v) is 6.06. The Morgan fingerprint density at radius 2 is 1.63 bits per heavy atom. The van der Waals surface area contributed by atoms with Crippen LogP contribution in [0.4, 0.5) is 10.1 Å². The summed E-state index contributed by atoms with van der Waals surface area (Å²) in [6, 6.07) is 14.7. The molecule has 0 amide bonds. The number of aliphatic hydroxyl groups is 2. The van der Waals surface area contributed by atoms with Crippen LogP contribution in [-0.4, -0.2) is 22.9 Å². The number of nitrogens with one attached hydrogen (secondary N) is 1. The van der Waals surface area contributed by atoms with Crippen molar-refractivity contribution in [3.63, 3.8) is 0 Å². The molecule has 4 heteroatoms. The van der Waals surface area contributed by atoms with E-state index in [1.165, 1.54) is 12.1 Å². The standard InChI is InChI=1S/C15H16FNO2/c16-12-6-8-13(9-7-12)17-15(14(19)10-18)11-4-2-1-3-5-11/h1-9,14-15,17-19H,10H2/t14-,15+/m0/s1. The minimum absolute atomic E-state index is 0.315. The van der Waals surface area contributed by atoms with E-state index in [-0.39, 0.29) is 12.4 Å². The van der Waals surface area contributed by atoms with Crippen LogP contribution in [0.15, 0.2) is 54.6 Å². The van der Waals surface area contributed by atoms with Crippen molar-refractivity contribution < 1.29 is 14.6 Å². The zero-order chi connectivity index (χ0) is 13.7. The number of anilines is 1. The molecule has 0 bridgehead atoms. The molecule has 0 spiro atoms. The summed E-state index contributed by atoms with van der Waals surface area (Å²) in [5.41, 5.74) is 1.54. The van der Waals surface area contributed by atoms with Gasteiger partial charge in [0.15, 0.2) is 0 Å². The summed E-state index contributed by atoms with van der Waals surface area (Å²) in [5.74, 6) is -0.315. The zero-order valence-electron chi connectivity index (χ0n) is 10.3. The van der Waals surface area contributed by atoms with Crippen LogP contribution in [0, 0.1) is 5.82 Å². The molecule has 0 aromatic heterocycles. The van der Waals surface area contributed by atoms with Gasteiger partial charge in [-0.3, -0.25) is 0 Å². The highest BCUT2D eigenvalue weighted by Crippen LogP contribution is 2.22. The Kier molecular flexibility index (Phi) is 4.49.